The van der Waals surface area contributed by atoms with Crippen molar-refractivity contribution in [3.05, 3.63) is 53.5 Å². The normalized spacial score (nSPS) is 21.8. The number of phenolic OH excluding ortho intramolecular Hbond substituents is 1. The number of rotatable bonds is 10. The first kappa shape index (κ1) is 31.7. The molecule has 0 bridgehead atoms. The second-order valence-electron chi connectivity index (χ2n) is 13.1. The molecule has 244 valence electrons. The fourth-order valence-corrected chi connectivity index (χ4v) is 7.27. The van der Waals surface area contributed by atoms with Gasteiger partial charge in [0.25, 0.3) is 5.91 Å². The molecule has 11 heteroatoms. The zero-order valence-electron chi connectivity index (χ0n) is 25.9. The van der Waals surface area contributed by atoms with Gasteiger partial charge in [-0.05, 0) is 101 Å². The first-order chi connectivity index (χ1) is 21.9. The van der Waals surface area contributed by atoms with E-state index in [-0.39, 0.29) is 18.5 Å². The average Bonchev–Trinajstić information content (AvgIpc) is 3.51. The minimum Gasteiger partial charge on any atom is -0.503 e. The SMILES string of the molecule is O=C(NC[C@H]1CC[C@H](n2cc3ccc(N4CCN(CCCCC5CCNCC5)CC4)cc3n2)CC1)c1cc(F)c(O)c(F)c1F. The largest absolute Gasteiger partial charge is 0.503 e. The molecule has 1 aliphatic carbocycles. The molecule has 3 aliphatic rings. The van der Waals surface area contributed by atoms with Gasteiger partial charge in [-0.1, -0.05) is 12.8 Å². The molecule has 3 heterocycles. The number of piperazine rings is 1. The fourth-order valence-electron chi connectivity index (χ4n) is 7.27. The van der Waals surface area contributed by atoms with Gasteiger partial charge in [-0.2, -0.15) is 9.49 Å². The van der Waals surface area contributed by atoms with Crippen LogP contribution >= 0.6 is 0 Å². The number of piperidine rings is 1. The summed E-state index contributed by atoms with van der Waals surface area (Å²) in [6, 6.07) is 7.35. The van der Waals surface area contributed by atoms with Gasteiger partial charge >= 0.3 is 0 Å². The molecule has 1 aromatic heterocycles. The number of aromatic hydroxyl groups is 1. The van der Waals surface area contributed by atoms with E-state index in [1.54, 1.807) is 0 Å². The van der Waals surface area contributed by atoms with E-state index in [1.807, 2.05) is 0 Å². The van der Waals surface area contributed by atoms with Crippen LogP contribution in [0.1, 0.15) is 74.2 Å². The standard InChI is InChI=1S/C34H45F3N6O2/c35-29-20-28(31(36)32(37)33(29)44)34(45)39-21-24-4-7-26(8-5-24)43-22-25-6-9-27(19-30(25)40-43)42-17-15-41(16-18-42)14-2-1-3-23-10-12-38-13-11-23/h6,9,19-20,22-24,26,38,44H,1-5,7-8,10-18,21H2,(H,39,45)/t24-,26-. The van der Waals surface area contributed by atoms with E-state index in [9.17, 15) is 23.1 Å². The highest BCUT2D eigenvalue weighted by atomic mass is 19.2. The molecular formula is C34H45F3N6O2. The second-order valence-corrected chi connectivity index (χ2v) is 13.1. The molecule has 0 unspecified atom stereocenters. The molecule has 0 atom stereocenters. The number of hydrogen-bond donors (Lipinski definition) is 3. The number of fused-ring (bicyclic) bond motifs is 1. The Bertz CT molecular complexity index is 1460. The van der Waals surface area contributed by atoms with Gasteiger partial charge < -0.3 is 20.6 Å². The summed E-state index contributed by atoms with van der Waals surface area (Å²) in [5, 5.41) is 21.3. The zero-order valence-corrected chi connectivity index (χ0v) is 25.9. The maximum absolute atomic E-state index is 14.1. The maximum Gasteiger partial charge on any atom is 0.254 e. The number of aromatic nitrogens is 2. The summed E-state index contributed by atoms with van der Waals surface area (Å²) in [7, 11) is 0. The fraction of sp³-hybridized carbons (Fsp3) is 0.588. The topological polar surface area (TPSA) is 85.7 Å². The lowest BCUT2D eigenvalue weighted by Crippen LogP contribution is -2.46. The summed E-state index contributed by atoms with van der Waals surface area (Å²) in [5.74, 6) is -5.91. The van der Waals surface area contributed by atoms with E-state index in [1.165, 1.54) is 57.4 Å². The highest BCUT2D eigenvalue weighted by molar-refractivity contribution is 5.94. The van der Waals surface area contributed by atoms with Gasteiger partial charge in [0.15, 0.2) is 17.4 Å². The Kier molecular flexibility index (Phi) is 10.1. The summed E-state index contributed by atoms with van der Waals surface area (Å²) in [6.45, 7) is 8.12. The molecule has 2 saturated heterocycles. The van der Waals surface area contributed by atoms with Crippen molar-refractivity contribution in [2.75, 3.05) is 57.3 Å². The summed E-state index contributed by atoms with van der Waals surface area (Å²) in [5.41, 5.74) is 1.47. The van der Waals surface area contributed by atoms with Crippen LogP contribution < -0.4 is 15.5 Å². The number of anilines is 1. The Morgan fingerprint density at radius 3 is 2.44 bits per heavy atom. The van der Waals surface area contributed by atoms with Gasteiger partial charge in [-0.3, -0.25) is 14.4 Å². The van der Waals surface area contributed by atoms with E-state index in [4.69, 9.17) is 5.10 Å². The molecule has 1 saturated carbocycles. The van der Waals surface area contributed by atoms with Gasteiger partial charge in [0, 0.05) is 50.0 Å². The van der Waals surface area contributed by atoms with Crippen LogP contribution in [-0.2, 0) is 0 Å². The Hall–Kier alpha value is -3.31. The predicted octanol–water partition coefficient (Wildman–Crippen LogP) is 5.61. The Morgan fingerprint density at radius 1 is 0.933 bits per heavy atom. The highest BCUT2D eigenvalue weighted by Crippen LogP contribution is 2.33. The zero-order chi connectivity index (χ0) is 31.3. The average molecular weight is 627 g/mol. The van der Waals surface area contributed by atoms with Crippen LogP contribution in [0.2, 0.25) is 0 Å². The number of phenols is 1. The second kappa shape index (κ2) is 14.4. The molecule has 3 fully saturated rings. The number of hydrogen-bond acceptors (Lipinski definition) is 6. The van der Waals surface area contributed by atoms with Gasteiger partial charge in [0.2, 0.25) is 5.82 Å². The molecule has 8 nitrogen and oxygen atoms in total. The van der Waals surface area contributed by atoms with Gasteiger partial charge in [-0.15, -0.1) is 0 Å². The van der Waals surface area contributed by atoms with Crippen molar-refractivity contribution < 1.29 is 23.1 Å². The molecule has 2 aromatic carbocycles. The molecule has 2 aliphatic heterocycles. The molecule has 3 aromatic rings. The van der Waals surface area contributed by atoms with Crippen molar-refractivity contribution in [3.63, 3.8) is 0 Å². The van der Waals surface area contributed by atoms with Crippen LogP contribution in [0.5, 0.6) is 5.75 Å². The third kappa shape index (κ3) is 7.57. The van der Waals surface area contributed by atoms with Crippen LogP contribution in [0.15, 0.2) is 30.5 Å². The molecule has 0 radical (unpaired) electrons. The summed E-state index contributed by atoms with van der Waals surface area (Å²) in [6.07, 6.45) is 12.3. The number of halogens is 3. The smallest absolute Gasteiger partial charge is 0.254 e. The van der Waals surface area contributed by atoms with E-state index in [2.05, 4.69) is 49.5 Å². The summed E-state index contributed by atoms with van der Waals surface area (Å²) >= 11 is 0. The van der Waals surface area contributed by atoms with E-state index in [0.29, 0.717) is 6.07 Å². The van der Waals surface area contributed by atoms with Crippen molar-refractivity contribution in [1.29, 1.82) is 0 Å². The molecule has 0 spiro atoms. The van der Waals surface area contributed by atoms with Crippen molar-refractivity contribution in [3.8, 4) is 5.75 Å². The number of unbranched alkanes of at least 4 members (excludes halogenated alkanes) is 1. The number of benzene rings is 2. The monoisotopic (exact) mass is 626 g/mol. The molecule has 3 N–H and O–H groups in total. The lowest BCUT2D eigenvalue weighted by Gasteiger charge is -2.36. The van der Waals surface area contributed by atoms with Gasteiger partial charge in [-0.25, -0.2) is 8.78 Å². The lowest BCUT2D eigenvalue weighted by molar-refractivity contribution is 0.0935. The highest BCUT2D eigenvalue weighted by Gasteiger charge is 2.26. The Labute approximate surface area is 262 Å². The van der Waals surface area contributed by atoms with Gasteiger partial charge in [0.1, 0.15) is 0 Å². The Balaban J connectivity index is 0.945. The third-order valence-electron chi connectivity index (χ3n) is 10.2. The Morgan fingerprint density at radius 2 is 1.69 bits per heavy atom. The number of carbonyl (C=O) groups excluding carboxylic acids is 1. The number of nitrogens with zero attached hydrogens (tertiary/aromatic N) is 4. The van der Waals surface area contributed by atoms with Crippen molar-refractivity contribution in [2.24, 2.45) is 11.8 Å². The van der Waals surface area contributed by atoms with Crippen molar-refractivity contribution in [2.45, 2.75) is 63.8 Å². The van der Waals surface area contributed by atoms with Crippen LogP contribution in [0.25, 0.3) is 10.9 Å². The van der Waals surface area contributed by atoms with E-state index >= 15 is 0 Å². The number of nitrogens with one attached hydrogen (secondary N) is 2. The first-order valence-corrected chi connectivity index (χ1v) is 16.7. The lowest BCUT2D eigenvalue weighted by atomic mass is 9.86. The van der Waals surface area contributed by atoms with Crippen molar-refractivity contribution >= 4 is 22.5 Å². The minimum absolute atomic E-state index is 0.171. The molecular weight excluding hydrogens is 581 g/mol. The molecule has 1 amide bonds. The maximum atomic E-state index is 14.1. The molecule has 45 heavy (non-hydrogen) atoms. The minimum atomic E-state index is -1.76. The molecule has 6 rings (SSSR count). The van der Waals surface area contributed by atoms with Crippen LogP contribution in [-0.4, -0.2) is 78.1 Å². The number of amides is 1. The number of carbonyl (C=O) groups is 1. The van der Waals surface area contributed by atoms with E-state index in [0.717, 1.165) is 68.7 Å². The van der Waals surface area contributed by atoms with Gasteiger partial charge in [0.05, 0.1) is 17.1 Å². The van der Waals surface area contributed by atoms with Crippen LogP contribution in [0, 0.1) is 29.3 Å². The van der Waals surface area contributed by atoms with Crippen LogP contribution in [0.3, 0.4) is 0 Å². The van der Waals surface area contributed by atoms with Crippen LogP contribution in [0.4, 0.5) is 18.9 Å². The quantitative estimate of drug-likeness (QED) is 0.200. The van der Waals surface area contributed by atoms with Crippen molar-refractivity contribution in [1.82, 2.24) is 25.3 Å². The summed E-state index contributed by atoms with van der Waals surface area (Å²) < 4.78 is 43.4. The summed E-state index contributed by atoms with van der Waals surface area (Å²) in [4.78, 5) is 17.5. The first-order valence-electron chi connectivity index (χ1n) is 16.7. The third-order valence-corrected chi connectivity index (χ3v) is 10.2. The van der Waals surface area contributed by atoms with E-state index < -0.39 is 34.7 Å². The predicted molar refractivity (Wildman–Crippen MR) is 169 cm³/mol.